The monoisotopic (exact) mass is 340 g/mol. The van der Waals surface area contributed by atoms with E-state index in [0.717, 1.165) is 6.42 Å². The Hall–Kier alpha value is -1.93. The lowest BCUT2D eigenvalue weighted by Crippen LogP contribution is -2.48. The third-order valence-electron chi connectivity index (χ3n) is 3.63. The van der Waals surface area contributed by atoms with Gasteiger partial charge in [-0.1, -0.05) is 6.07 Å². The number of hydrogen-bond acceptors (Lipinski definition) is 5. The van der Waals surface area contributed by atoms with Crippen molar-refractivity contribution in [1.29, 1.82) is 0 Å². The molecule has 0 radical (unpaired) electrons. The molecule has 3 N–H and O–H groups in total. The number of carboxylic acid groups (broad SMARTS) is 1. The molecule has 0 saturated carbocycles. The predicted octanol–water partition coefficient (Wildman–Crippen LogP) is 0.864. The second kappa shape index (κ2) is 8.64. The maximum absolute atomic E-state index is 11.9. The number of thiophene rings is 1. The van der Waals surface area contributed by atoms with E-state index in [2.05, 4.69) is 10.6 Å². The Morgan fingerprint density at radius 2 is 2.26 bits per heavy atom. The summed E-state index contributed by atoms with van der Waals surface area (Å²) in [6, 6.07) is 2.52. The van der Waals surface area contributed by atoms with Gasteiger partial charge >= 0.3 is 5.97 Å². The summed E-state index contributed by atoms with van der Waals surface area (Å²) in [6.07, 6.45) is 1.54. The Bertz CT molecular complexity index is 540. The van der Waals surface area contributed by atoms with Crippen molar-refractivity contribution in [1.82, 2.24) is 10.6 Å². The molecule has 2 heterocycles. The van der Waals surface area contributed by atoms with E-state index < -0.39 is 17.9 Å². The Balaban J connectivity index is 1.75. The fourth-order valence-electron chi connectivity index (χ4n) is 2.44. The molecule has 2 rings (SSSR count). The van der Waals surface area contributed by atoms with Gasteiger partial charge in [0.25, 0.3) is 5.91 Å². The number of carbonyl (C=O) groups excluding carboxylic acids is 2. The van der Waals surface area contributed by atoms with Gasteiger partial charge in [0.15, 0.2) is 0 Å². The van der Waals surface area contributed by atoms with Gasteiger partial charge in [0.1, 0.15) is 6.04 Å². The lowest BCUT2D eigenvalue weighted by atomic mass is 9.93. The number of nitrogens with one attached hydrogen (secondary N) is 2. The van der Waals surface area contributed by atoms with E-state index >= 15 is 0 Å². The van der Waals surface area contributed by atoms with Crippen molar-refractivity contribution in [2.24, 2.45) is 5.92 Å². The van der Waals surface area contributed by atoms with E-state index in [1.807, 2.05) is 0 Å². The number of carboxylic acids is 1. The van der Waals surface area contributed by atoms with Crippen LogP contribution in [0, 0.1) is 5.92 Å². The van der Waals surface area contributed by atoms with Gasteiger partial charge in [-0.2, -0.15) is 0 Å². The average molecular weight is 340 g/mol. The van der Waals surface area contributed by atoms with Crippen LogP contribution in [0.25, 0.3) is 0 Å². The van der Waals surface area contributed by atoms with E-state index in [0.29, 0.717) is 24.5 Å². The first-order chi connectivity index (χ1) is 11.1. The minimum Gasteiger partial charge on any atom is -0.480 e. The molecule has 8 heteroatoms. The first-order valence-electron chi connectivity index (χ1n) is 7.49. The Labute approximate surface area is 138 Å². The van der Waals surface area contributed by atoms with Crippen molar-refractivity contribution in [3.63, 3.8) is 0 Å². The van der Waals surface area contributed by atoms with Gasteiger partial charge in [0.2, 0.25) is 5.91 Å². The van der Waals surface area contributed by atoms with Crippen LogP contribution in [0.15, 0.2) is 17.5 Å². The lowest BCUT2D eigenvalue weighted by molar-refractivity contribution is -0.145. The Kier molecular flexibility index (Phi) is 6.54. The average Bonchev–Trinajstić information content (AvgIpc) is 3.07. The van der Waals surface area contributed by atoms with Crippen LogP contribution >= 0.6 is 11.3 Å². The van der Waals surface area contributed by atoms with Crippen molar-refractivity contribution in [3.05, 3.63) is 22.4 Å². The van der Waals surface area contributed by atoms with Gasteiger partial charge < -0.3 is 20.5 Å². The van der Waals surface area contributed by atoms with Crippen LogP contribution in [0.3, 0.4) is 0 Å². The van der Waals surface area contributed by atoms with E-state index in [1.165, 1.54) is 11.3 Å². The maximum Gasteiger partial charge on any atom is 0.326 e. The van der Waals surface area contributed by atoms with Gasteiger partial charge in [-0.3, -0.25) is 9.59 Å². The molecule has 2 atom stereocenters. The molecule has 0 bridgehead atoms. The molecular weight excluding hydrogens is 320 g/mol. The van der Waals surface area contributed by atoms with Crippen molar-refractivity contribution >= 4 is 29.1 Å². The van der Waals surface area contributed by atoms with E-state index in [-0.39, 0.29) is 24.8 Å². The molecule has 2 amide bonds. The standard InChI is InChI=1S/C15H20N2O5S/c18-12(5-6-16-14(19)11-4-2-8-23-11)17-13(15(20)21)10-3-1-7-22-9-10/h2,4,8,10,13H,1,3,5-7,9H2,(H,16,19)(H,17,18)(H,20,21). The summed E-state index contributed by atoms with van der Waals surface area (Å²) in [6.45, 7) is 1.13. The smallest absolute Gasteiger partial charge is 0.326 e. The summed E-state index contributed by atoms with van der Waals surface area (Å²) in [5, 5.41) is 16.2. The van der Waals surface area contributed by atoms with Crippen LogP contribution in [0.5, 0.6) is 0 Å². The zero-order valence-electron chi connectivity index (χ0n) is 12.6. The summed E-state index contributed by atoms with van der Waals surface area (Å²) in [5.74, 6) is -1.90. The number of hydrogen-bond donors (Lipinski definition) is 3. The van der Waals surface area contributed by atoms with Crippen molar-refractivity contribution in [2.45, 2.75) is 25.3 Å². The molecule has 1 aromatic rings. The second-order valence-corrected chi connectivity index (χ2v) is 6.29. The molecule has 1 aliphatic rings. The quantitative estimate of drug-likeness (QED) is 0.683. The summed E-state index contributed by atoms with van der Waals surface area (Å²) >= 11 is 1.32. The highest BCUT2D eigenvalue weighted by Crippen LogP contribution is 2.18. The highest BCUT2D eigenvalue weighted by Gasteiger charge is 2.31. The molecular formula is C15H20N2O5S. The Morgan fingerprint density at radius 3 is 2.87 bits per heavy atom. The van der Waals surface area contributed by atoms with Gasteiger partial charge in [0, 0.05) is 25.5 Å². The van der Waals surface area contributed by atoms with Crippen LogP contribution in [0.1, 0.15) is 28.9 Å². The molecule has 23 heavy (non-hydrogen) atoms. The number of ether oxygens (including phenoxy) is 1. The maximum atomic E-state index is 11.9. The SMILES string of the molecule is O=C(CCNC(=O)c1cccs1)NC(C(=O)O)C1CCCOC1. The molecule has 7 nitrogen and oxygen atoms in total. The van der Waals surface area contributed by atoms with E-state index in [1.54, 1.807) is 17.5 Å². The van der Waals surface area contributed by atoms with Gasteiger partial charge in [-0.25, -0.2) is 4.79 Å². The third-order valence-corrected chi connectivity index (χ3v) is 4.50. The highest BCUT2D eigenvalue weighted by molar-refractivity contribution is 7.12. The molecule has 1 fully saturated rings. The van der Waals surface area contributed by atoms with Crippen LogP contribution < -0.4 is 10.6 Å². The van der Waals surface area contributed by atoms with Gasteiger partial charge in [-0.05, 0) is 24.3 Å². The van der Waals surface area contributed by atoms with E-state index in [4.69, 9.17) is 4.74 Å². The number of aliphatic carboxylic acids is 1. The fraction of sp³-hybridized carbons (Fsp3) is 0.533. The molecule has 0 aliphatic carbocycles. The molecule has 1 aromatic heterocycles. The molecule has 0 aromatic carbocycles. The Morgan fingerprint density at radius 1 is 1.43 bits per heavy atom. The first-order valence-corrected chi connectivity index (χ1v) is 8.37. The molecule has 0 spiro atoms. The van der Waals surface area contributed by atoms with Crippen LogP contribution in [-0.2, 0) is 14.3 Å². The highest BCUT2D eigenvalue weighted by atomic mass is 32.1. The topological polar surface area (TPSA) is 105 Å². The fourth-order valence-corrected chi connectivity index (χ4v) is 3.08. The van der Waals surface area contributed by atoms with Crippen LogP contribution in [-0.4, -0.2) is 48.7 Å². The van der Waals surface area contributed by atoms with Gasteiger partial charge in [-0.15, -0.1) is 11.3 Å². The molecule has 2 unspecified atom stereocenters. The third kappa shape index (κ3) is 5.33. The largest absolute Gasteiger partial charge is 0.480 e. The first kappa shape index (κ1) is 17.4. The number of carbonyl (C=O) groups is 3. The number of amides is 2. The minimum atomic E-state index is -1.06. The molecule has 1 saturated heterocycles. The molecule has 1 aliphatic heterocycles. The van der Waals surface area contributed by atoms with Crippen LogP contribution in [0.2, 0.25) is 0 Å². The summed E-state index contributed by atoms with van der Waals surface area (Å²) in [4.78, 5) is 35.5. The number of rotatable bonds is 7. The van der Waals surface area contributed by atoms with Crippen molar-refractivity contribution in [2.75, 3.05) is 19.8 Å². The van der Waals surface area contributed by atoms with Crippen molar-refractivity contribution < 1.29 is 24.2 Å². The van der Waals surface area contributed by atoms with E-state index in [9.17, 15) is 19.5 Å². The van der Waals surface area contributed by atoms with Crippen LogP contribution in [0.4, 0.5) is 0 Å². The summed E-state index contributed by atoms with van der Waals surface area (Å²) < 4.78 is 5.28. The zero-order chi connectivity index (χ0) is 16.7. The summed E-state index contributed by atoms with van der Waals surface area (Å²) in [5.41, 5.74) is 0. The summed E-state index contributed by atoms with van der Waals surface area (Å²) in [7, 11) is 0. The van der Waals surface area contributed by atoms with Gasteiger partial charge in [0.05, 0.1) is 11.5 Å². The predicted molar refractivity (Wildman–Crippen MR) is 84.4 cm³/mol. The minimum absolute atomic E-state index is 0.0362. The zero-order valence-corrected chi connectivity index (χ0v) is 13.4. The van der Waals surface area contributed by atoms with Crippen molar-refractivity contribution in [3.8, 4) is 0 Å². The molecule has 126 valence electrons. The lowest BCUT2D eigenvalue weighted by Gasteiger charge is -2.28. The second-order valence-electron chi connectivity index (χ2n) is 5.34. The normalized spacial score (nSPS) is 18.9.